The van der Waals surface area contributed by atoms with Crippen molar-refractivity contribution in [2.24, 2.45) is 0 Å². The number of rotatable bonds is 5. The van der Waals surface area contributed by atoms with Crippen molar-refractivity contribution in [2.45, 2.75) is 19.3 Å². The number of pyridine rings is 1. The van der Waals surface area contributed by atoms with E-state index in [0.29, 0.717) is 16.8 Å². The maximum Gasteiger partial charge on any atom is 0.337 e. The summed E-state index contributed by atoms with van der Waals surface area (Å²) in [6.45, 7) is 1.64. The van der Waals surface area contributed by atoms with Gasteiger partial charge < -0.3 is 19.6 Å². The third-order valence-corrected chi connectivity index (χ3v) is 3.87. The molecular weight excluding hydrogens is 326 g/mol. The van der Waals surface area contributed by atoms with Gasteiger partial charge in [-0.05, 0) is 30.7 Å². The van der Waals surface area contributed by atoms with Crippen molar-refractivity contribution in [1.29, 1.82) is 0 Å². The second kappa shape index (κ2) is 7.65. The minimum absolute atomic E-state index is 0.0711. The van der Waals surface area contributed by atoms with Crippen LogP contribution in [0.4, 0.5) is 0 Å². The Morgan fingerprint density at radius 2 is 1.80 bits per heavy atom. The fourth-order valence-corrected chi connectivity index (χ4v) is 2.62. The molecule has 132 valence electrons. The number of benzene rings is 1. The smallest absolute Gasteiger partial charge is 0.337 e. The molecule has 0 aliphatic carbocycles. The lowest BCUT2D eigenvalue weighted by atomic mass is 9.88. The van der Waals surface area contributed by atoms with Crippen LogP contribution in [-0.4, -0.2) is 36.2 Å². The Hall–Kier alpha value is -3.09. The van der Waals surface area contributed by atoms with Crippen LogP contribution in [0.5, 0.6) is 5.75 Å². The van der Waals surface area contributed by atoms with Crippen LogP contribution in [0.2, 0.25) is 0 Å². The zero-order valence-corrected chi connectivity index (χ0v) is 14.2. The van der Waals surface area contributed by atoms with Crippen molar-refractivity contribution in [3.63, 3.8) is 0 Å². The van der Waals surface area contributed by atoms with Crippen LogP contribution in [0.3, 0.4) is 0 Å². The molecule has 7 nitrogen and oxygen atoms in total. The summed E-state index contributed by atoms with van der Waals surface area (Å²) in [6, 6.07) is 7.71. The SMILES string of the molecule is COC(=O)C[C@H](c1ccc(C(=O)OC)cc1)c1c(O)cc(C)[nH]c1=O. The fraction of sp³-hybridized carbons (Fsp3) is 0.278. The van der Waals surface area contributed by atoms with Gasteiger partial charge in [0.1, 0.15) is 5.75 Å². The molecule has 0 bridgehead atoms. The maximum absolute atomic E-state index is 12.3. The highest BCUT2D eigenvalue weighted by Gasteiger charge is 2.25. The Kier molecular flexibility index (Phi) is 5.59. The van der Waals surface area contributed by atoms with E-state index in [2.05, 4.69) is 9.72 Å². The Labute approximate surface area is 144 Å². The molecule has 1 aromatic heterocycles. The number of ether oxygens (including phenoxy) is 2. The summed E-state index contributed by atoms with van der Waals surface area (Å²) in [7, 11) is 2.53. The molecule has 1 atom stereocenters. The van der Waals surface area contributed by atoms with Crippen LogP contribution >= 0.6 is 0 Å². The van der Waals surface area contributed by atoms with Gasteiger partial charge in [0.2, 0.25) is 0 Å². The van der Waals surface area contributed by atoms with Gasteiger partial charge >= 0.3 is 11.9 Å². The molecule has 2 aromatic rings. The number of aryl methyl sites for hydroxylation is 1. The first-order valence-corrected chi connectivity index (χ1v) is 7.55. The highest BCUT2D eigenvalue weighted by Crippen LogP contribution is 2.32. The van der Waals surface area contributed by atoms with Crippen molar-refractivity contribution >= 4 is 11.9 Å². The lowest BCUT2D eigenvalue weighted by Crippen LogP contribution is -2.21. The minimum Gasteiger partial charge on any atom is -0.507 e. The molecule has 0 aliphatic rings. The predicted molar refractivity (Wildman–Crippen MR) is 89.7 cm³/mol. The van der Waals surface area contributed by atoms with Gasteiger partial charge in [-0.1, -0.05) is 12.1 Å². The first-order valence-electron chi connectivity index (χ1n) is 7.55. The van der Waals surface area contributed by atoms with Crippen molar-refractivity contribution in [2.75, 3.05) is 14.2 Å². The van der Waals surface area contributed by atoms with E-state index in [-0.39, 0.29) is 17.7 Å². The molecule has 0 saturated heterocycles. The fourth-order valence-electron chi connectivity index (χ4n) is 2.62. The normalized spacial score (nSPS) is 11.6. The lowest BCUT2D eigenvalue weighted by Gasteiger charge is -2.18. The number of H-pyrrole nitrogens is 1. The largest absolute Gasteiger partial charge is 0.507 e. The van der Waals surface area contributed by atoms with Gasteiger partial charge in [0.15, 0.2) is 0 Å². The number of hydrogen-bond donors (Lipinski definition) is 2. The van der Waals surface area contributed by atoms with E-state index >= 15 is 0 Å². The average Bonchev–Trinajstić information content (AvgIpc) is 2.59. The van der Waals surface area contributed by atoms with Gasteiger partial charge in [-0.15, -0.1) is 0 Å². The first-order chi connectivity index (χ1) is 11.9. The molecule has 0 spiro atoms. The number of aromatic amines is 1. The molecule has 25 heavy (non-hydrogen) atoms. The molecule has 0 radical (unpaired) electrons. The van der Waals surface area contributed by atoms with E-state index in [4.69, 9.17) is 4.74 Å². The minimum atomic E-state index is -0.719. The van der Waals surface area contributed by atoms with E-state index in [0.717, 1.165) is 0 Å². The van der Waals surface area contributed by atoms with Crippen molar-refractivity contribution < 1.29 is 24.2 Å². The number of carbonyl (C=O) groups excluding carboxylic acids is 2. The topological polar surface area (TPSA) is 106 Å². The summed E-state index contributed by atoms with van der Waals surface area (Å²) in [5, 5.41) is 10.2. The standard InChI is InChI=1S/C18H19NO6/c1-10-8-14(20)16(17(22)19-10)13(9-15(21)24-2)11-4-6-12(7-5-11)18(23)25-3/h4-8,13H,9H2,1-3H3,(H2,19,20,22)/t13-/m1/s1. The van der Waals surface area contributed by atoms with Crippen LogP contribution in [0.1, 0.15) is 39.5 Å². The van der Waals surface area contributed by atoms with Crippen LogP contribution in [-0.2, 0) is 14.3 Å². The Bertz CT molecular complexity index is 838. The molecule has 2 N–H and O–H groups in total. The van der Waals surface area contributed by atoms with Crippen LogP contribution < -0.4 is 5.56 Å². The predicted octanol–water partition coefficient (Wildman–Crippen LogP) is 1.87. The van der Waals surface area contributed by atoms with Gasteiger partial charge in [0.05, 0.1) is 31.8 Å². The molecular formula is C18H19NO6. The monoisotopic (exact) mass is 345 g/mol. The highest BCUT2D eigenvalue weighted by molar-refractivity contribution is 5.89. The number of aromatic nitrogens is 1. The van der Waals surface area contributed by atoms with E-state index < -0.39 is 23.4 Å². The van der Waals surface area contributed by atoms with Crippen LogP contribution in [0, 0.1) is 6.92 Å². The third kappa shape index (κ3) is 4.06. The van der Waals surface area contributed by atoms with Gasteiger partial charge in [0, 0.05) is 11.6 Å². The molecule has 0 aliphatic heterocycles. The molecule has 0 saturated carbocycles. The summed E-state index contributed by atoms with van der Waals surface area (Å²) in [4.78, 5) is 38.3. The van der Waals surface area contributed by atoms with E-state index in [1.54, 1.807) is 19.1 Å². The summed E-state index contributed by atoms with van der Waals surface area (Å²) < 4.78 is 9.35. The Balaban J connectivity index is 2.52. The van der Waals surface area contributed by atoms with Gasteiger partial charge in [-0.25, -0.2) is 4.79 Å². The van der Waals surface area contributed by atoms with E-state index in [1.807, 2.05) is 0 Å². The van der Waals surface area contributed by atoms with Gasteiger partial charge in [0.25, 0.3) is 5.56 Å². The third-order valence-electron chi connectivity index (χ3n) is 3.87. The van der Waals surface area contributed by atoms with Crippen LogP contribution in [0.25, 0.3) is 0 Å². The highest BCUT2D eigenvalue weighted by atomic mass is 16.5. The first kappa shape index (κ1) is 18.3. The molecule has 1 heterocycles. The second-order valence-corrected chi connectivity index (χ2v) is 5.53. The van der Waals surface area contributed by atoms with Gasteiger partial charge in [-0.3, -0.25) is 9.59 Å². The van der Waals surface area contributed by atoms with Crippen molar-refractivity contribution in [1.82, 2.24) is 4.98 Å². The summed E-state index contributed by atoms with van der Waals surface area (Å²) in [5.41, 5.74) is 1.02. The molecule has 0 fully saturated rings. The number of esters is 2. The summed E-state index contributed by atoms with van der Waals surface area (Å²) >= 11 is 0. The quantitative estimate of drug-likeness (QED) is 0.802. The van der Waals surface area contributed by atoms with E-state index in [9.17, 15) is 19.5 Å². The van der Waals surface area contributed by atoms with Crippen LogP contribution in [0.15, 0.2) is 35.1 Å². The molecule has 0 amide bonds. The average molecular weight is 345 g/mol. The molecule has 7 heteroatoms. The number of nitrogens with one attached hydrogen (secondary N) is 1. The lowest BCUT2D eigenvalue weighted by molar-refractivity contribution is -0.140. The number of hydrogen-bond acceptors (Lipinski definition) is 6. The number of methoxy groups -OCH3 is 2. The van der Waals surface area contributed by atoms with Crippen molar-refractivity contribution in [3.8, 4) is 5.75 Å². The molecule has 1 aromatic carbocycles. The Morgan fingerprint density at radius 3 is 2.32 bits per heavy atom. The maximum atomic E-state index is 12.3. The molecule has 2 rings (SSSR count). The van der Waals surface area contributed by atoms with Crippen molar-refractivity contribution in [3.05, 3.63) is 63.1 Å². The summed E-state index contributed by atoms with van der Waals surface area (Å²) in [5.74, 6) is -1.94. The number of carbonyl (C=O) groups is 2. The second-order valence-electron chi connectivity index (χ2n) is 5.53. The van der Waals surface area contributed by atoms with E-state index in [1.165, 1.54) is 32.4 Å². The number of aromatic hydroxyl groups is 1. The zero-order chi connectivity index (χ0) is 18.6. The molecule has 0 unspecified atom stereocenters. The zero-order valence-electron chi connectivity index (χ0n) is 14.2. The van der Waals surface area contributed by atoms with Gasteiger partial charge in [-0.2, -0.15) is 0 Å². The summed E-state index contributed by atoms with van der Waals surface area (Å²) in [6.07, 6.45) is -0.131. The Morgan fingerprint density at radius 1 is 1.16 bits per heavy atom.